The van der Waals surface area contributed by atoms with Crippen LogP contribution in [-0.2, 0) is 0 Å². The number of aromatic nitrogens is 3. The van der Waals surface area contributed by atoms with Crippen LogP contribution in [-0.4, -0.2) is 14.8 Å². The number of rotatable bonds is 3. The maximum absolute atomic E-state index is 12.9. The SMILES string of the molecule is CC(C)n1nc2c(C(F)F)cc(C(F)F)nc2c1Br. The Bertz CT molecular complexity index is 609. The second-order valence-corrected chi connectivity index (χ2v) is 5.02. The summed E-state index contributed by atoms with van der Waals surface area (Å²) in [7, 11) is 0. The molecule has 2 aromatic rings. The first-order valence-corrected chi connectivity index (χ1v) is 6.27. The molecule has 0 fully saturated rings. The molecule has 0 aliphatic rings. The van der Waals surface area contributed by atoms with Crippen LogP contribution >= 0.6 is 15.9 Å². The minimum Gasteiger partial charge on any atom is -0.253 e. The summed E-state index contributed by atoms with van der Waals surface area (Å²) in [4.78, 5) is 3.71. The van der Waals surface area contributed by atoms with Gasteiger partial charge in [0.2, 0.25) is 0 Å². The predicted molar refractivity (Wildman–Crippen MR) is 65.5 cm³/mol. The maximum Gasteiger partial charge on any atom is 0.280 e. The van der Waals surface area contributed by atoms with Gasteiger partial charge >= 0.3 is 0 Å². The van der Waals surface area contributed by atoms with Gasteiger partial charge in [0.1, 0.15) is 21.3 Å². The molecule has 2 heterocycles. The Labute approximate surface area is 114 Å². The second-order valence-electron chi connectivity index (χ2n) is 4.26. The zero-order valence-electron chi connectivity index (χ0n) is 10.0. The molecule has 2 aromatic heterocycles. The summed E-state index contributed by atoms with van der Waals surface area (Å²) in [6, 6.07) is 0.603. The van der Waals surface area contributed by atoms with Gasteiger partial charge in [-0.1, -0.05) is 0 Å². The molecule has 0 radical (unpaired) electrons. The van der Waals surface area contributed by atoms with Crippen molar-refractivity contribution in [3.8, 4) is 0 Å². The predicted octanol–water partition coefficient (Wildman–Crippen LogP) is 4.65. The summed E-state index contributed by atoms with van der Waals surface area (Å²) in [5.41, 5.74) is -1.23. The molecule has 0 bridgehead atoms. The molecule has 19 heavy (non-hydrogen) atoms. The lowest BCUT2D eigenvalue weighted by Gasteiger charge is -2.05. The van der Waals surface area contributed by atoms with Gasteiger partial charge in [-0.2, -0.15) is 5.10 Å². The molecule has 0 atom stereocenters. The monoisotopic (exact) mass is 339 g/mol. The van der Waals surface area contributed by atoms with E-state index < -0.39 is 24.1 Å². The summed E-state index contributed by atoms with van der Waals surface area (Å²) in [5, 5.41) is 4.02. The Kier molecular flexibility index (Phi) is 3.80. The van der Waals surface area contributed by atoms with Gasteiger partial charge in [0.25, 0.3) is 12.9 Å². The van der Waals surface area contributed by atoms with E-state index in [-0.39, 0.29) is 17.1 Å². The highest BCUT2D eigenvalue weighted by atomic mass is 79.9. The van der Waals surface area contributed by atoms with Crippen LogP contribution in [0.25, 0.3) is 11.0 Å². The molecule has 0 N–H and O–H groups in total. The number of halogens is 5. The van der Waals surface area contributed by atoms with E-state index >= 15 is 0 Å². The highest BCUT2D eigenvalue weighted by molar-refractivity contribution is 9.10. The van der Waals surface area contributed by atoms with Crippen molar-refractivity contribution in [3.05, 3.63) is 21.9 Å². The molecular weight excluding hydrogens is 330 g/mol. The molecule has 3 nitrogen and oxygen atoms in total. The smallest absolute Gasteiger partial charge is 0.253 e. The Hall–Kier alpha value is -1.18. The van der Waals surface area contributed by atoms with Crippen LogP contribution < -0.4 is 0 Å². The fraction of sp³-hybridized carbons (Fsp3) is 0.455. The van der Waals surface area contributed by atoms with E-state index in [1.54, 1.807) is 13.8 Å². The number of pyridine rings is 1. The zero-order valence-corrected chi connectivity index (χ0v) is 11.6. The average Bonchev–Trinajstić information content (AvgIpc) is 2.65. The molecule has 0 saturated heterocycles. The molecule has 8 heteroatoms. The number of hydrogen-bond donors (Lipinski definition) is 0. The lowest BCUT2D eigenvalue weighted by molar-refractivity contribution is 0.141. The van der Waals surface area contributed by atoms with E-state index in [4.69, 9.17) is 0 Å². The fourth-order valence-corrected chi connectivity index (χ4v) is 2.47. The van der Waals surface area contributed by atoms with Crippen molar-refractivity contribution in [2.24, 2.45) is 0 Å². The molecule has 0 unspecified atom stereocenters. The van der Waals surface area contributed by atoms with Crippen LogP contribution in [0.4, 0.5) is 17.6 Å². The highest BCUT2D eigenvalue weighted by Gasteiger charge is 2.23. The zero-order chi connectivity index (χ0) is 14.3. The first kappa shape index (κ1) is 14.2. The van der Waals surface area contributed by atoms with E-state index in [2.05, 4.69) is 26.0 Å². The van der Waals surface area contributed by atoms with Crippen LogP contribution in [0.15, 0.2) is 10.7 Å². The van der Waals surface area contributed by atoms with Crippen LogP contribution in [0.5, 0.6) is 0 Å². The van der Waals surface area contributed by atoms with Crippen LogP contribution in [0.3, 0.4) is 0 Å². The minimum absolute atomic E-state index is 0.0294. The van der Waals surface area contributed by atoms with Gasteiger partial charge in [-0.15, -0.1) is 0 Å². The summed E-state index contributed by atoms with van der Waals surface area (Å²) >= 11 is 3.17. The molecule has 0 amide bonds. The van der Waals surface area contributed by atoms with Crippen molar-refractivity contribution in [1.82, 2.24) is 14.8 Å². The molecule has 0 aromatic carbocycles. The Morgan fingerprint density at radius 3 is 2.21 bits per heavy atom. The number of alkyl halides is 4. The lowest BCUT2D eigenvalue weighted by atomic mass is 10.2. The third kappa shape index (κ3) is 2.45. The quantitative estimate of drug-likeness (QED) is 0.762. The maximum atomic E-state index is 12.9. The fourth-order valence-electron chi connectivity index (χ4n) is 1.71. The summed E-state index contributed by atoms with van der Waals surface area (Å²) in [6.45, 7) is 3.60. The van der Waals surface area contributed by atoms with Gasteiger partial charge in [0.05, 0.1) is 0 Å². The molecule has 2 rings (SSSR count). The van der Waals surface area contributed by atoms with Gasteiger partial charge in [-0.3, -0.25) is 4.68 Å². The molecule has 0 aliphatic carbocycles. The molecule has 104 valence electrons. The van der Waals surface area contributed by atoms with E-state index in [1.807, 2.05) is 0 Å². The van der Waals surface area contributed by atoms with Crippen molar-refractivity contribution >= 4 is 27.0 Å². The van der Waals surface area contributed by atoms with E-state index in [0.29, 0.717) is 10.7 Å². The van der Waals surface area contributed by atoms with Crippen LogP contribution in [0.2, 0.25) is 0 Å². The van der Waals surface area contributed by atoms with E-state index in [0.717, 1.165) is 0 Å². The van der Waals surface area contributed by atoms with E-state index in [9.17, 15) is 17.6 Å². The van der Waals surface area contributed by atoms with Gasteiger partial charge in [-0.05, 0) is 35.8 Å². The van der Waals surface area contributed by atoms with Crippen LogP contribution in [0.1, 0.15) is 44.0 Å². The number of hydrogen-bond acceptors (Lipinski definition) is 2. The average molecular weight is 340 g/mol. The third-order valence-electron chi connectivity index (χ3n) is 2.59. The Morgan fingerprint density at radius 2 is 1.74 bits per heavy atom. The molecule has 0 spiro atoms. The topological polar surface area (TPSA) is 30.7 Å². The van der Waals surface area contributed by atoms with Gasteiger partial charge in [0, 0.05) is 11.6 Å². The van der Waals surface area contributed by atoms with Gasteiger partial charge in [-0.25, -0.2) is 22.5 Å². The van der Waals surface area contributed by atoms with Crippen molar-refractivity contribution in [1.29, 1.82) is 0 Å². The van der Waals surface area contributed by atoms with Crippen molar-refractivity contribution in [2.75, 3.05) is 0 Å². The first-order chi connectivity index (χ1) is 8.82. The first-order valence-electron chi connectivity index (χ1n) is 5.47. The van der Waals surface area contributed by atoms with E-state index in [1.165, 1.54) is 4.68 Å². The third-order valence-corrected chi connectivity index (χ3v) is 3.33. The summed E-state index contributed by atoms with van der Waals surface area (Å²) in [5.74, 6) is 0. The van der Waals surface area contributed by atoms with Crippen LogP contribution in [0, 0.1) is 0 Å². The largest absolute Gasteiger partial charge is 0.280 e. The van der Waals surface area contributed by atoms with Gasteiger partial charge in [0.15, 0.2) is 0 Å². The number of nitrogens with zero attached hydrogens (tertiary/aromatic N) is 3. The Morgan fingerprint density at radius 1 is 1.11 bits per heavy atom. The van der Waals surface area contributed by atoms with Crippen molar-refractivity contribution in [2.45, 2.75) is 32.7 Å². The van der Waals surface area contributed by atoms with Gasteiger partial charge < -0.3 is 0 Å². The Balaban J connectivity index is 2.80. The number of fused-ring (bicyclic) bond motifs is 1. The van der Waals surface area contributed by atoms with Crippen molar-refractivity contribution < 1.29 is 17.6 Å². The molecule has 0 aliphatic heterocycles. The summed E-state index contributed by atoms with van der Waals surface area (Å²) in [6.07, 6.45) is -5.79. The molecule has 0 saturated carbocycles. The minimum atomic E-state index is -2.91. The standard InChI is InChI=1S/C11H10BrF4N3/c1-4(2)19-9(12)8-7(18-19)5(10(13)14)3-6(17-8)11(15)16/h3-4,10-11H,1-2H3. The highest BCUT2D eigenvalue weighted by Crippen LogP contribution is 2.34. The second kappa shape index (κ2) is 5.07. The normalized spacial score (nSPS) is 12.3. The molecular formula is C11H10BrF4N3. The summed E-state index contributed by atoms with van der Waals surface area (Å²) < 4.78 is 53.0. The lowest BCUT2D eigenvalue weighted by Crippen LogP contribution is -2.02. The van der Waals surface area contributed by atoms with Crippen molar-refractivity contribution in [3.63, 3.8) is 0 Å².